The Bertz CT molecular complexity index is 1260. The van der Waals surface area contributed by atoms with Crippen molar-refractivity contribution in [2.45, 2.75) is 52.4 Å². The third kappa shape index (κ3) is 13.9. The number of amides is 1. The number of anilines is 1. The summed E-state index contributed by atoms with van der Waals surface area (Å²) in [6.07, 6.45) is 6.46. The van der Waals surface area contributed by atoms with Crippen molar-refractivity contribution in [2.75, 3.05) is 45.7 Å². The van der Waals surface area contributed by atoms with Crippen LogP contribution >= 0.6 is 0 Å². The van der Waals surface area contributed by atoms with Crippen molar-refractivity contribution in [1.82, 2.24) is 25.6 Å². The van der Waals surface area contributed by atoms with Gasteiger partial charge in [0.05, 0.1) is 18.6 Å². The smallest absolute Gasteiger partial charge is 0.305 e. The monoisotopic (exact) mass is 588 g/mol. The summed E-state index contributed by atoms with van der Waals surface area (Å²) in [5.41, 5.74) is 8.21. The Morgan fingerprint density at radius 3 is 2.40 bits per heavy atom. The Hall–Kier alpha value is -4.23. The van der Waals surface area contributed by atoms with Gasteiger partial charge in [0, 0.05) is 31.3 Å². The molecule has 0 atom stereocenters. The maximum absolute atomic E-state index is 12.3. The molecule has 0 aliphatic heterocycles. The van der Waals surface area contributed by atoms with E-state index in [1.165, 1.54) is 12.8 Å². The van der Waals surface area contributed by atoms with Gasteiger partial charge in [0.2, 0.25) is 5.95 Å². The Labute approximate surface area is 245 Å². The molecule has 3 rings (SSSR count). The molecule has 0 saturated carbocycles. The number of fused-ring (bicyclic) bond motifs is 1. The normalized spacial score (nSPS) is 10.2. The fourth-order valence-corrected chi connectivity index (χ4v) is 3.52. The van der Waals surface area contributed by atoms with Crippen molar-refractivity contribution in [1.29, 1.82) is 0 Å². The van der Waals surface area contributed by atoms with E-state index in [9.17, 15) is 14.4 Å². The van der Waals surface area contributed by atoms with Gasteiger partial charge in [0.15, 0.2) is 0 Å². The molecule has 2 aromatic heterocycles. The molecule has 3 aromatic rings. The highest BCUT2D eigenvalue weighted by atomic mass is 16.6. The standard InChI is InChI=1S/C24H32N6O5.C4H10.CH2O2/c1-26-11-12-34-13-14-35-19(31)3-2-10-27-22(32)17-7-4-16(5-8-17)6-9-18-15-28-21-20(18)23(33)30-24(25)29-21;1-3-4-2;2-1-3/h4-5,7-8,15,26H,2-3,6,9-14H2,1H3,(H,27,32)(H4,25,28,29,30,33);3-4H2,1-2H3;1H,(H,2,3). The molecule has 1 aromatic carbocycles. The molecule has 0 aliphatic carbocycles. The number of nitrogens with one attached hydrogen (secondary N) is 4. The number of carboxylic acid groups (broad SMARTS) is 1. The average Bonchev–Trinajstić information content (AvgIpc) is 3.39. The lowest BCUT2D eigenvalue weighted by Gasteiger charge is -2.08. The summed E-state index contributed by atoms with van der Waals surface area (Å²) in [5.74, 6) is -0.432. The third-order valence-corrected chi connectivity index (χ3v) is 5.87. The van der Waals surface area contributed by atoms with Crippen LogP contribution in [0.25, 0.3) is 11.0 Å². The Morgan fingerprint density at radius 1 is 1.07 bits per heavy atom. The van der Waals surface area contributed by atoms with Gasteiger partial charge >= 0.3 is 5.97 Å². The molecule has 0 bridgehead atoms. The zero-order valence-electron chi connectivity index (χ0n) is 24.7. The van der Waals surface area contributed by atoms with Gasteiger partial charge in [-0.3, -0.25) is 24.2 Å². The van der Waals surface area contributed by atoms with Gasteiger partial charge in [-0.05, 0) is 49.6 Å². The Morgan fingerprint density at radius 2 is 1.76 bits per heavy atom. The maximum atomic E-state index is 12.3. The van der Waals surface area contributed by atoms with Crippen molar-refractivity contribution < 1.29 is 29.0 Å². The Kier molecular flexibility index (Phi) is 18.3. The fraction of sp³-hybridized carbons (Fsp3) is 0.483. The number of likely N-dealkylation sites (N-methyl/N-ethyl adjacent to an activating group) is 1. The van der Waals surface area contributed by atoms with Crippen molar-refractivity contribution in [2.24, 2.45) is 0 Å². The molecule has 0 unspecified atom stereocenters. The molecule has 13 nitrogen and oxygen atoms in total. The van der Waals surface area contributed by atoms with E-state index in [4.69, 9.17) is 25.1 Å². The van der Waals surface area contributed by atoms with E-state index in [0.717, 1.165) is 17.7 Å². The van der Waals surface area contributed by atoms with Gasteiger partial charge in [0.1, 0.15) is 12.3 Å². The molecule has 0 spiro atoms. The van der Waals surface area contributed by atoms with E-state index in [1.54, 1.807) is 18.3 Å². The number of hydrogen-bond donors (Lipinski definition) is 6. The minimum absolute atomic E-state index is 0.0751. The van der Waals surface area contributed by atoms with Crippen molar-refractivity contribution in [3.63, 3.8) is 0 Å². The minimum Gasteiger partial charge on any atom is -0.483 e. The quantitative estimate of drug-likeness (QED) is 0.0869. The first-order valence-corrected chi connectivity index (χ1v) is 14.0. The number of unbranched alkanes of at least 4 members (excludes halogenated alkanes) is 1. The van der Waals surface area contributed by atoms with Crippen LogP contribution in [0.15, 0.2) is 35.3 Å². The summed E-state index contributed by atoms with van der Waals surface area (Å²) in [7, 11) is 1.84. The number of aromatic nitrogens is 3. The number of benzene rings is 1. The molecule has 0 saturated heterocycles. The number of aryl methyl sites for hydroxylation is 2. The molecule has 42 heavy (non-hydrogen) atoms. The SMILES string of the molecule is CCCC.CNCCOCCOC(=O)CCCNC(=O)c1ccc(CCc2c[nH]c3nc(N)[nH]c(=O)c23)cc1.O=CO. The molecule has 0 radical (unpaired) electrons. The summed E-state index contributed by atoms with van der Waals surface area (Å²) in [6.45, 7) is 6.40. The van der Waals surface area contributed by atoms with Crippen molar-refractivity contribution in [3.05, 3.63) is 57.5 Å². The number of aromatic amines is 2. The summed E-state index contributed by atoms with van der Waals surface area (Å²) in [6, 6.07) is 7.30. The van der Waals surface area contributed by atoms with Crippen LogP contribution in [0.5, 0.6) is 0 Å². The first-order valence-electron chi connectivity index (χ1n) is 14.0. The first kappa shape index (κ1) is 35.8. The zero-order chi connectivity index (χ0) is 31.2. The van der Waals surface area contributed by atoms with Gasteiger partial charge in [-0.1, -0.05) is 38.8 Å². The second kappa shape index (κ2) is 21.5. The number of carbonyl (C=O) groups excluding carboxylic acids is 2. The Balaban J connectivity index is 0.00000114. The van der Waals surface area contributed by atoms with Gasteiger partial charge in [0.25, 0.3) is 17.9 Å². The number of carbonyl (C=O) groups is 3. The summed E-state index contributed by atoms with van der Waals surface area (Å²) < 4.78 is 10.4. The topological polar surface area (TPSA) is 202 Å². The number of nitrogens with zero attached hydrogens (tertiary/aromatic N) is 1. The molecule has 0 fully saturated rings. The second-order valence-electron chi connectivity index (χ2n) is 9.09. The summed E-state index contributed by atoms with van der Waals surface area (Å²) >= 11 is 0. The lowest BCUT2D eigenvalue weighted by Crippen LogP contribution is -2.25. The van der Waals surface area contributed by atoms with E-state index in [0.29, 0.717) is 55.6 Å². The molecule has 7 N–H and O–H groups in total. The van der Waals surface area contributed by atoms with Crippen LogP contribution in [0.1, 0.15) is 61.0 Å². The van der Waals surface area contributed by atoms with Gasteiger partial charge in [-0.2, -0.15) is 4.98 Å². The third-order valence-electron chi connectivity index (χ3n) is 5.87. The highest BCUT2D eigenvalue weighted by molar-refractivity contribution is 5.94. The van der Waals surface area contributed by atoms with Crippen LogP contribution in [0, 0.1) is 0 Å². The van der Waals surface area contributed by atoms with Crippen LogP contribution in [0.4, 0.5) is 5.95 Å². The maximum Gasteiger partial charge on any atom is 0.305 e. The average molecular weight is 589 g/mol. The van der Waals surface area contributed by atoms with Crippen LogP contribution < -0.4 is 21.9 Å². The number of rotatable bonds is 15. The van der Waals surface area contributed by atoms with E-state index in [1.807, 2.05) is 19.2 Å². The lowest BCUT2D eigenvalue weighted by molar-refractivity contribution is -0.145. The van der Waals surface area contributed by atoms with E-state index in [-0.39, 0.29) is 42.9 Å². The number of H-pyrrole nitrogens is 2. The molecular formula is C29H44N6O7. The molecule has 232 valence electrons. The number of hydrogen-bond acceptors (Lipinski definition) is 9. The molecule has 0 aliphatic rings. The highest BCUT2D eigenvalue weighted by Crippen LogP contribution is 2.16. The predicted octanol–water partition coefficient (Wildman–Crippen LogP) is 2.42. The largest absolute Gasteiger partial charge is 0.483 e. The van der Waals surface area contributed by atoms with Crippen LogP contribution in [-0.4, -0.2) is 78.4 Å². The molecular weight excluding hydrogens is 544 g/mol. The van der Waals surface area contributed by atoms with Crippen LogP contribution in [0.2, 0.25) is 0 Å². The first-order chi connectivity index (χ1) is 20.3. The zero-order valence-corrected chi connectivity index (χ0v) is 24.7. The van der Waals surface area contributed by atoms with E-state index in [2.05, 4.69) is 39.4 Å². The van der Waals surface area contributed by atoms with Crippen molar-refractivity contribution >= 4 is 35.3 Å². The molecule has 2 heterocycles. The predicted molar refractivity (Wildman–Crippen MR) is 162 cm³/mol. The van der Waals surface area contributed by atoms with E-state index >= 15 is 0 Å². The highest BCUT2D eigenvalue weighted by Gasteiger charge is 2.11. The summed E-state index contributed by atoms with van der Waals surface area (Å²) in [4.78, 5) is 54.2. The number of ether oxygens (including phenoxy) is 2. The van der Waals surface area contributed by atoms with E-state index < -0.39 is 0 Å². The number of nitrogen functional groups attached to an aromatic ring is 1. The van der Waals surface area contributed by atoms with Gasteiger partial charge in [-0.25, -0.2) is 0 Å². The molecule has 13 heteroatoms. The second-order valence-corrected chi connectivity index (χ2v) is 9.09. The number of nitrogens with two attached hydrogens (primary N) is 1. The van der Waals surface area contributed by atoms with Crippen molar-refractivity contribution in [3.8, 4) is 0 Å². The number of esters is 1. The molecule has 1 amide bonds. The van der Waals surface area contributed by atoms with Gasteiger partial charge in [-0.15, -0.1) is 0 Å². The van der Waals surface area contributed by atoms with Crippen LogP contribution in [0.3, 0.4) is 0 Å². The fourth-order valence-electron chi connectivity index (χ4n) is 3.52. The van der Waals surface area contributed by atoms with Crippen LogP contribution in [-0.2, 0) is 31.9 Å². The minimum atomic E-state index is -0.308. The lowest BCUT2D eigenvalue weighted by atomic mass is 10.0. The summed E-state index contributed by atoms with van der Waals surface area (Å²) in [5, 5.41) is 13.2. The van der Waals surface area contributed by atoms with Gasteiger partial charge < -0.3 is 35.9 Å².